The predicted molar refractivity (Wildman–Crippen MR) is 84.7 cm³/mol. The van der Waals surface area contributed by atoms with Crippen LogP contribution in [0.15, 0.2) is 47.4 Å². The highest BCUT2D eigenvalue weighted by molar-refractivity contribution is 7.87. The van der Waals surface area contributed by atoms with E-state index < -0.39 is 32.6 Å². The van der Waals surface area contributed by atoms with Crippen LogP contribution in [0.1, 0.15) is 24.5 Å². The molecule has 2 aromatic rings. The third-order valence-corrected chi connectivity index (χ3v) is 4.67. The van der Waals surface area contributed by atoms with Crippen LogP contribution in [0.4, 0.5) is 17.6 Å². The van der Waals surface area contributed by atoms with E-state index in [0.717, 1.165) is 5.56 Å². The number of carbonyl (C=O) groups excluding carboxylic acids is 1. The van der Waals surface area contributed by atoms with Gasteiger partial charge < -0.3 is 8.98 Å². The lowest BCUT2D eigenvalue weighted by molar-refractivity contribution is -0.140. The topological polar surface area (TPSA) is 60.4 Å². The molecule has 4 nitrogen and oxygen atoms in total. The molecule has 0 aliphatic heterocycles. The second-order valence-corrected chi connectivity index (χ2v) is 7.07. The minimum atomic E-state index is -5.03. The van der Waals surface area contributed by atoms with Crippen molar-refractivity contribution in [1.82, 2.24) is 0 Å². The smallest absolute Gasteiger partial charge is 0.379 e. The van der Waals surface area contributed by atoms with Gasteiger partial charge in [-0.15, -0.1) is 0 Å². The van der Waals surface area contributed by atoms with Crippen molar-refractivity contribution in [3.05, 3.63) is 59.4 Å². The van der Waals surface area contributed by atoms with Crippen molar-refractivity contribution in [1.29, 1.82) is 0 Å². The maximum Gasteiger partial charge on any atom is 0.419 e. The highest BCUT2D eigenvalue weighted by Crippen LogP contribution is 2.33. The number of hydrogen-bond donors (Lipinski definition) is 0. The third-order valence-electron chi connectivity index (χ3n) is 3.43. The van der Waals surface area contributed by atoms with E-state index in [-0.39, 0.29) is 17.6 Å². The van der Waals surface area contributed by atoms with Crippen molar-refractivity contribution in [2.45, 2.75) is 30.8 Å². The van der Waals surface area contributed by atoms with Gasteiger partial charge in [0.15, 0.2) is 0 Å². The molecule has 140 valence electrons. The Bertz CT molecular complexity index is 903. The Morgan fingerprint density at radius 2 is 1.69 bits per heavy atom. The normalized spacial score (nSPS) is 12.0. The van der Waals surface area contributed by atoms with E-state index in [2.05, 4.69) is 0 Å². The average molecular weight is 390 g/mol. The van der Waals surface area contributed by atoms with Gasteiger partial charge in [0.2, 0.25) is 0 Å². The summed E-state index contributed by atoms with van der Waals surface area (Å²) < 4.78 is 80.5. The number of aryl methyl sites for hydroxylation is 1. The second-order valence-electron chi connectivity index (χ2n) is 5.52. The summed E-state index contributed by atoms with van der Waals surface area (Å²) in [7, 11) is -4.57. The first kappa shape index (κ1) is 19.9. The maximum atomic E-state index is 13.3. The monoisotopic (exact) mass is 390 g/mol. The zero-order chi connectivity index (χ0) is 19.5. The lowest BCUT2D eigenvalue weighted by atomic mass is 10.1. The summed E-state index contributed by atoms with van der Waals surface area (Å²) >= 11 is 0. The molecule has 0 heterocycles. The Morgan fingerprint density at radius 3 is 2.23 bits per heavy atom. The number of carbonyl (C=O) groups is 1. The predicted octanol–water partition coefficient (Wildman–Crippen LogP) is 4.13. The summed E-state index contributed by atoms with van der Waals surface area (Å²) in [5, 5.41) is 0. The number of hydrogen-bond acceptors (Lipinski definition) is 4. The minimum Gasteiger partial charge on any atom is -0.379 e. The summed E-state index contributed by atoms with van der Waals surface area (Å²) in [5.74, 6) is -1.69. The minimum absolute atomic E-state index is 0.00434. The number of halogens is 4. The van der Waals surface area contributed by atoms with Gasteiger partial charge in [-0.2, -0.15) is 21.6 Å². The van der Waals surface area contributed by atoms with Crippen molar-refractivity contribution >= 4 is 15.9 Å². The third kappa shape index (κ3) is 5.04. The molecule has 0 N–H and O–H groups in total. The number of benzene rings is 2. The standard InChI is InChI=1S/C17H14F4O4S/c1-11(22)2-3-12-4-6-13(7-5-12)25-26(23,24)14-8-9-16(18)15(10-14)17(19,20)21/h4-10H,2-3H2,1H3. The van der Waals surface area contributed by atoms with Gasteiger partial charge in [0, 0.05) is 6.42 Å². The van der Waals surface area contributed by atoms with E-state index in [4.69, 9.17) is 4.18 Å². The van der Waals surface area contributed by atoms with Crippen LogP contribution >= 0.6 is 0 Å². The SMILES string of the molecule is CC(=O)CCc1ccc(OS(=O)(=O)c2ccc(F)c(C(F)(F)F)c2)cc1. The van der Waals surface area contributed by atoms with Crippen LogP contribution in [0.5, 0.6) is 5.75 Å². The van der Waals surface area contributed by atoms with Crippen LogP contribution in [0.2, 0.25) is 0 Å². The van der Waals surface area contributed by atoms with Gasteiger partial charge in [-0.3, -0.25) is 0 Å². The molecule has 0 saturated heterocycles. The zero-order valence-electron chi connectivity index (χ0n) is 13.5. The Hall–Kier alpha value is -2.42. The molecule has 0 bridgehead atoms. The fourth-order valence-electron chi connectivity index (χ4n) is 2.08. The van der Waals surface area contributed by atoms with Gasteiger partial charge in [-0.05, 0) is 49.2 Å². The number of Topliss-reactive ketones (excluding diaryl/α,β-unsaturated/α-hetero) is 1. The number of ketones is 1. The fraction of sp³-hybridized carbons (Fsp3) is 0.235. The molecule has 0 unspecified atom stereocenters. The Morgan fingerprint density at radius 1 is 1.08 bits per heavy atom. The van der Waals surface area contributed by atoms with Crippen LogP contribution in [-0.2, 0) is 27.5 Å². The van der Waals surface area contributed by atoms with Crippen molar-refractivity contribution < 1.29 is 35.0 Å². The van der Waals surface area contributed by atoms with Gasteiger partial charge in [-0.1, -0.05) is 12.1 Å². The van der Waals surface area contributed by atoms with Crippen molar-refractivity contribution in [2.24, 2.45) is 0 Å². The van der Waals surface area contributed by atoms with E-state index in [9.17, 15) is 30.8 Å². The molecule has 0 saturated carbocycles. The summed E-state index contributed by atoms with van der Waals surface area (Å²) in [6.07, 6.45) is -4.24. The van der Waals surface area contributed by atoms with Crippen molar-refractivity contribution in [3.63, 3.8) is 0 Å². The average Bonchev–Trinajstić information content (AvgIpc) is 2.53. The molecule has 0 radical (unpaired) electrons. The van der Waals surface area contributed by atoms with Crippen LogP contribution in [0.3, 0.4) is 0 Å². The molecule has 0 aliphatic rings. The molecule has 0 spiro atoms. The van der Waals surface area contributed by atoms with Gasteiger partial charge in [-0.25, -0.2) is 4.39 Å². The summed E-state index contributed by atoms with van der Waals surface area (Å²) in [5.41, 5.74) is -0.923. The highest BCUT2D eigenvalue weighted by atomic mass is 32.2. The first-order valence-electron chi connectivity index (χ1n) is 7.38. The van der Waals surface area contributed by atoms with Gasteiger partial charge >= 0.3 is 16.3 Å². The number of rotatable bonds is 6. The Labute approximate surface area is 147 Å². The molecule has 2 rings (SSSR count). The molecular formula is C17H14F4O4S. The lowest BCUT2D eigenvalue weighted by Gasteiger charge is -2.11. The Balaban J connectivity index is 2.22. The van der Waals surface area contributed by atoms with E-state index >= 15 is 0 Å². The van der Waals surface area contributed by atoms with E-state index in [0.29, 0.717) is 25.0 Å². The van der Waals surface area contributed by atoms with Gasteiger partial charge in [0.1, 0.15) is 22.2 Å². The molecule has 26 heavy (non-hydrogen) atoms. The quantitative estimate of drug-likeness (QED) is 0.550. The van der Waals surface area contributed by atoms with Crippen LogP contribution in [-0.4, -0.2) is 14.2 Å². The Kier molecular flexibility index (Phi) is 5.70. The van der Waals surface area contributed by atoms with Crippen molar-refractivity contribution in [2.75, 3.05) is 0 Å². The summed E-state index contributed by atoms with van der Waals surface area (Å²) in [6.45, 7) is 1.45. The zero-order valence-corrected chi connectivity index (χ0v) is 14.3. The van der Waals surface area contributed by atoms with Crippen LogP contribution in [0.25, 0.3) is 0 Å². The molecule has 0 aliphatic carbocycles. The molecule has 0 fully saturated rings. The van der Waals surface area contributed by atoms with Crippen molar-refractivity contribution in [3.8, 4) is 5.75 Å². The van der Waals surface area contributed by atoms with Gasteiger partial charge in [0.25, 0.3) is 0 Å². The lowest BCUT2D eigenvalue weighted by Crippen LogP contribution is -2.14. The molecule has 9 heteroatoms. The molecule has 0 aromatic heterocycles. The molecule has 2 aromatic carbocycles. The second kappa shape index (κ2) is 7.45. The largest absolute Gasteiger partial charge is 0.419 e. The first-order chi connectivity index (χ1) is 12.0. The molecule has 0 atom stereocenters. The highest BCUT2D eigenvalue weighted by Gasteiger charge is 2.35. The first-order valence-corrected chi connectivity index (χ1v) is 8.79. The fourth-order valence-corrected chi connectivity index (χ4v) is 3.04. The summed E-state index contributed by atoms with van der Waals surface area (Å²) in [6, 6.07) is 7.03. The summed E-state index contributed by atoms with van der Waals surface area (Å²) in [4.78, 5) is 10.1. The molecule has 0 amide bonds. The van der Waals surface area contributed by atoms with Gasteiger partial charge in [0.05, 0.1) is 5.56 Å². The van der Waals surface area contributed by atoms with Crippen LogP contribution < -0.4 is 4.18 Å². The van der Waals surface area contributed by atoms with E-state index in [1.54, 1.807) is 12.1 Å². The van der Waals surface area contributed by atoms with E-state index in [1.165, 1.54) is 19.1 Å². The maximum absolute atomic E-state index is 13.3. The van der Waals surface area contributed by atoms with Crippen LogP contribution in [0, 0.1) is 5.82 Å². The number of alkyl halides is 3. The molecular weight excluding hydrogens is 376 g/mol. The van der Waals surface area contributed by atoms with E-state index in [1.807, 2.05) is 0 Å².